The molecule has 0 aliphatic heterocycles. The lowest BCUT2D eigenvalue weighted by Gasteiger charge is -2.05. The second-order valence-electron chi connectivity index (χ2n) is 7.64. The summed E-state index contributed by atoms with van der Waals surface area (Å²) in [5.74, 6) is -0.413. The van der Waals surface area contributed by atoms with E-state index in [4.69, 9.17) is 11.6 Å². The molecule has 0 saturated carbocycles. The van der Waals surface area contributed by atoms with Crippen LogP contribution < -0.4 is 5.32 Å². The Morgan fingerprint density at radius 1 is 1.18 bits per heavy atom. The van der Waals surface area contributed by atoms with Crippen molar-refractivity contribution < 1.29 is 9.72 Å². The van der Waals surface area contributed by atoms with Crippen LogP contribution in [0.5, 0.6) is 0 Å². The van der Waals surface area contributed by atoms with Crippen molar-refractivity contribution >= 4 is 39.7 Å². The molecule has 2 aromatic carbocycles. The molecule has 0 unspecified atom stereocenters. The van der Waals surface area contributed by atoms with Gasteiger partial charge in [0.2, 0.25) is 0 Å². The predicted molar refractivity (Wildman–Crippen MR) is 129 cm³/mol. The Labute approximate surface area is 199 Å². The van der Waals surface area contributed by atoms with Crippen LogP contribution >= 0.6 is 22.9 Å². The molecule has 1 N–H and O–H groups in total. The van der Waals surface area contributed by atoms with Crippen LogP contribution in [0.4, 0.5) is 10.8 Å². The van der Waals surface area contributed by atoms with Crippen LogP contribution in [0.2, 0.25) is 5.15 Å². The van der Waals surface area contributed by atoms with Crippen LogP contribution in [-0.4, -0.2) is 25.6 Å². The van der Waals surface area contributed by atoms with Gasteiger partial charge in [-0.1, -0.05) is 53.6 Å². The van der Waals surface area contributed by atoms with E-state index in [1.54, 1.807) is 36.0 Å². The quantitative estimate of drug-likeness (QED) is 0.277. The lowest BCUT2D eigenvalue weighted by Crippen LogP contribution is -2.13. The molecule has 8 nitrogen and oxygen atoms in total. The number of nitrogens with one attached hydrogen (secondary N) is 1. The fraction of sp³-hybridized carbons (Fsp3) is 0.174. The van der Waals surface area contributed by atoms with Crippen LogP contribution in [0.3, 0.4) is 0 Å². The van der Waals surface area contributed by atoms with Crippen molar-refractivity contribution in [3.63, 3.8) is 0 Å². The van der Waals surface area contributed by atoms with Gasteiger partial charge in [0.25, 0.3) is 11.6 Å². The molecule has 4 aromatic rings. The van der Waals surface area contributed by atoms with Crippen molar-refractivity contribution in [2.45, 2.75) is 27.3 Å². The van der Waals surface area contributed by atoms with E-state index in [2.05, 4.69) is 15.4 Å². The largest absolute Gasteiger partial charge is 0.298 e. The Balaban J connectivity index is 1.53. The molecule has 0 bridgehead atoms. The van der Waals surface area contributed by atoms with Crippen LogP contribution in [-0.2, 0) is 6.54 Å². The van der Waals surface area contributed by atoms with Crippen LogP contribution in [0.15, 0.2) is 47.8 Å². The number of hydrogen-bond donors (Lipinski definition) is 1. The highest BCUT2D eigenvalue weighted by atomic mass is 35.5. The summed E-state index contributed by atoms with van der Waals surface area (Å²) in [6.07, 6.45) is 0. The summed E-state index contributed by atoms with van der Waals surface area (Å²) in [6.45, 7) is 5.87. The summed E-state index contributed by atoms with van der Waals surface area (Å²) in [7, 11) is 0. The maximum absolute atomic E-state index is 12.9. The van der Waals surface area contributed by atoms with Gasteiger partial charge in [-0.15, -0.1) is 11.3 Å². The summed E-state index contributed by atoms with van der Waals surface area (Å²) < 4.78 is 1.59. The zero-order chi connectivity index (χ0) is 23.7. The number of nitrogens with zero attached hydrogens (tertiary/aromatic N) is 4. The van der Waals surface area contributed by atoms with Gasteiger partial charge in [-0.25, -0.2) is 9.67 Å². The van der Waals surface area contributed by atoms with Gasteiger partial charge in [0.1, 0.15) is 5.15 Å². The molecule has 168 valence electrons. The molecule has 4 rings (SSSR count). The topological polar surface area (TPSA) is 103 Å². The number of anilines is 1. The van der Waals surface area contributed by atoms with Crippen molar-refractivity contribution in [1.29, 1.82) is 0 Å². The Bertz CT molecular complexity index is 1360. The van der Waals surface area contributed by atoms with Crippen LogP contribution in [0, 0.1) is 30.9 Å². The minimum atomic E-state index is -0.424. The number of aromatic nitrogens is 3. The summed E-state index contributed by atoms with van der Waals surface area (Å²) in [4.78, 5) is 28.1. The second kappa shape index (κ2) is 9.13. The number of hydrogen-bond acceptors (Lipinski definition) is 6. The third-order valence-corrected chi connectivity index (χ3v) is 6.31. The third-order valence-electron chi connectivity index (χ3n) is 5.17. The van der Waals surface area contributed by atoms with E-state index in [1.807, 2.05) is 31.2 Å². The van der Waals surface area contributed by atoms with E-state index in [0.29, 0.717) is 34.2 Å². The number of benzene rings is 2. The van der Waals surface area contributed by atoms with Gasteiger partial charge in [0.15, 0.2) is 5.13 Å². The zero-order valence-corrected chi connectivity index (χ0v) is 19.7. The van der Waals surface area contributed by atoms with Crippen LogP contribution in [0.1, 0.15) is 32.7 Å². The van der Waals surface area contributed by atoms with Crippen molar-refractivity contribution in [2.75, 3.05) is 5.32 Å². The van der Waals surface area contributed by atoms with Gasteiger partial charge < -0.3 is 0 Å². The molecular weight excluding hydrogens is 462 g/mol. The Morgan fingerprint density at radius 3 is 2.61 bits per heavy atom. The number of amides is 1. The van der Waals surface area contributed by atoms with E-state index in [1.165, 1.54) is 17.4 Å². The Kier molecular flexibility index (Phi) is 6.26. The molecule has 1 amide bonds. The smallest absolute Gasteiger partial charge is 0.272 e. The van der Waals surface area contributed by atoms with Gasteiger partial charge >= 0.3 is 0 Å². The number of carbonyl (C=O) groups excluding carboxylic acids is 1. The van der Waals surface area contributed by atoms with Gasteiger partial charge in [0, 0.05) is 22.6 Å². The summed E-state index contributed by atoms with van der Waals surface area (Å²) >= 11 is 7.72. The van der Waals surface area contributed by atoms with E-state index in [-0.39, 0.29) is 16.4 Å². The maximum atomic E-state index is 12.9. The zero-order valence-electron chi connectivity index (χ0n) is 18.1. The fourth-order valence-corrected chi connectivity index (χ4v) is 4.41. The molecule has 0 spiro atoms. The molecule has 0 fully saturated rings. The normalized spacial score (nSPS) is 10.9. The first-order valence-electron chi connectivity index (χ1n) is 10.0. The highest BCUT2D eigenvalue weighted by molar-refractivity contribution is 7.14. The average Bonchev–Trinajstić information content (AvgIpc) is 3.33. The fourth-order valence-electron chi connectivity index (χ4n) is 3.37. The van der Waals surface area contributed by atoms with Gasteiger partial charge in [0.05, 0.1) is 28.4 Å². The van der Waals surface area contributed by atoms with E-state index in [0.717, 1.165) is 11.1 Å². The number of rotatable bonds is 6. The maximum Gasteiger partial charge on any atom is 0.272 e. The number of aryl methyl sites for hydroxylation is 3. The molecule has 0 aliphatic carbocycles. The molecule has 0 saturated heterocycles. The molecule has 33 heavy (non-hydrogen) atoms. The van der Waals surface area contributed by atoms with Crippen LogP contribution in [0.25, 0.3) is 11.3 Å². The number of nitro groups is 1. The molecule has 2 aromatic heterocycles. The lowest BCUT2D eigenvalue weighted by atomic mass is 10.1. The number of carbonyl (C=O) groups is 1. The minimum absolute atomic E-state index is 0.0227. The standard InChI is InChI=1S/C23H20ClN5O3S/c1-13-4-7-16(8-5-13)11-28-21(24)20(15(3)27-28)22(30)26-23-25-18(12-33-23)17-9-6-14(2)19(10-17)29(31)32/h4-10,12H,11H2,1-3H3,(H,25,26,30). The van der Waals surface area contributed by atoms with Crippen molar-refractivity contribution in [2.24, 2.45) is 0 Å². The minimum Gasteiger partial charge on any atom is -0.298 e. The Hall–Kier alpha value is -3.56. The van der Waals surface area contributed by atoms with Gasteiger partial charge in [-0.05, 0) is 26.3 Å². The van der Waals surface area contributed by atoms with Crippen molar-refractivity contribution in [3.05, 3.63) is 91.1 Å². The van der Waals surface area contributed by atoms with Gasteiger partial charge in [-0.3, -0.25) is 20.2 Å². The molecule has 0 radical (unpaired) electrons. The number of thiazole rings is 1. The van der Waals surface area contributed by atoms with Gasteiger partial charge in [-0.2, -0.15) is 5.10 Å². The van der Waals surface area contributed by atoms with E-state index in [9.17, 15) is 14.9 Å². The highest BCUT2D eigenvalue weighted by Gasteiger charge is 2.22. The third kappa shape index (κ3) is 4.79. The molecule has 2 heterocycles. The summed E-state index contributed by atoms with van der Waals surface area (Å²) in [5, 5.41) is 20.7. The monoisotopic (exact) mass is 481 g/mol. The summed E-state index contributed by atoms with van der Waals surface area (Å²) in [5.41, 5.74) is 4.70. The average molecular weight is 482 g/mol. The summed E-state index contributed by atoms with van der Waals surface area (Å²) in [6, 6.07) is 12.9. The van der Waals surface area contributed by atoms with E-state index < -0.39 is 10.8 Å². The molecule has 0 aliphatic rings. The van der Waals surface area contributed by atoms with Crippen molar-refractivity contribution in [1.82, 2.24) is 14.8 Å². The van der Waals surface area contributed by atoms with Crippen molar-refractivity contribution in [3.8, 4) is 11.3 Å². The molecule has 0 atom stereocenters. The second-order valence-corrected chi connectivity index (χ2v) is 8.86. The highest BCUT2D eigenvalue weighted by Crippen LogP contribution is 2.30. The Morgan fingerprint density at radius 2 is 1.91 bits per heavy atom. The lowest BCUT2D eigenvalue weighted by molar-refractivity contribution is -0.385. The van der Waals surface area contributed by atoms with E-state index >= 15 is 0 Å². The first kappa shape index (κ1) is 22.6. The molecule has 10 heteroatoms. The number of nitro benzene ring substituents is 1. The molecular formula is C23H20ClN5O3S. The SMILES string of the molecule is Cc1ccc(Cn2nc(C)c(C(=O)Nc3nc(-c4ccc(C)c([N+](=O)[O-])c4)cs3)c2Cl)cc1. The first-order valence-corrected chi connectivity index (χ1v) is 11.3. The predicted octanol–water partition coefficient (Wildman–Crippen LogP) is 5.79. The number of halogens is 1. The first-order chi connectivity index (χ1) is 15.7.